The summed E-state index contributed by atoms with van der Waals surface area (Å²) < 4.78 is 5.62. The first-order valence-corrected chi connectivity index (χ1v) is 8.99. The van der Waals surface area contributed by atoms with Crippen molar-refractivity contribution in [1.82, 2.24) is 15.1 Å². The van der Waals surface area contributed by atoms with E-state index in [-0.39, 0.29) is 18.4 Å². The summed E-state index contributed by atoms with van der Waals surface area (Å²) in [6.07, 6.45) is 3.15. The maximum Gasteiger partial charge on any atom is 0.325 e. The van der Waals surface area contributed by atoms with E-state index in [4.69, 9.17) is 4.74 Å². The van der Waals surface area contributed by atoms with E-state index in [9.17, 15) is 14.4 Å². The molecule has 0 radical (unpaired) electrons. The number of amides is 4. The monoisotopic (exact) mass is 359 g/mol. The fourth-order valence-electron chi connectivity index (χ4n) is 3.45. The van der Waals surface area contributed by atoms with Gasteiger partial charge in [-0.1, -0.05) is 30.5 Å². The molecule has 1 saturated carbocycles. The van der Waals surface area contributed by atoms with E-state index < -0.39 is 11.6 Å². The van der Waals surface area contributed by atoms with Gasteiger partial charge in [-0.25, -0.2) is 4.79 Å². The van der Waals surface area contributed by atoms with Gasteiger partial charge in [0.05, 0.1) is 6.54 Å². The second kappa shape index (κ2) is 7.35. The van der Waals surface area contributed by atoms with E-state index in [1.807, 2.05) is 31.2 Å². The zero-order chi connectivity index (χ0) is 18.7. The summed E-state index contributed by atoms with van der Waals surface area (Å²) in [5, 5.41) is 2.78. The Morgan fingerprint density at radius 3 is 2.54 bits per heavy atom. The summed E-state index contributed by atoms with van der Waals surface area (Å²) in [6, 6.07) is 7.22. The van der Waals surface area contributed by atoms with Gasteiger partial charge in [-0.15, -0.1) is 0 Å². The van der Waals surface area contributed by atoms with Gasteiger partial charge in [-0.3, -0.25) is 14.5 Å². The van der Waals surface area contributed by atoms with E-state index in [1.54, 1.807) is 7.05 Å². The highest BCUT2D eigenvalue weighted by molar-refractivity contribution is 6.09. The largest absolute Gasteiger partial charge is 0.492 e. The molecule has 1 heterocycles. The minimum absolute atomic E-state index is 0.229. The number of imide groups is 1. The van der Waals surface area contributed by atoms with E-state index in [1.165, 1.54) is 4.90 Å². The Hall–Kier alpha value is -2.57. The zero-order valence-electron chi connectivity index (χ0n) is 15.3. The van der Waals surface area contributed by atoms with Crippen molar-refractivity contribution >= 4 is 17.8 Å². The number of carbonyl (C=O) groups is 3. The molecule has 1 saturated heterocycles. The summed E-state index contributed by atoms with van der Waals surface area (Å²) in [6.45, 7) is 2.49. The minimum Gasteiger partial charge on any atom is -0.492 e. The third kappa shape index (κ3) is 3.66. The molecule has 7 heteroatoms. The van der Waals surface area contributed by atoms with Gasteiger partial charge < -0.3 is 15.0 Å². The average molecular weight is 359 g/mol. The Balaban J connectivity index is 1.48. The molecule has 26 heavy (non-hydrogen) atoms. The Morgan fingerprint density at radius 2 is 1.88 bits per heavy atom. The molecule has 1 aliphatic carbocycles. The van der Waals surface area contributed by atoms with Crippen molar-refractivity contribution in [2.45, 2.75) is 38.1 Å². The first-order chi connectivity index (χ1) is 12.4. The number of aryl methyl sites for hydroxylation is 1. The van der Waals surface area contributed by atoms with Crippen LogP contribution in [0.5, 0.6) is 5.75 Å². The standard InChI is InChI=1S/C19H25N3O4/c1-14-5-7-15(8-6-14)26-12-11-21(2)16(23)13-22-17(24)19(20-18(22)25)9-3-4-10-19/h5-8H,3-4,9-13H2,1-2H3,(H,20,25). The quantitative estimate of drug-likeness (QED) is 0.784. The molecule has 0 atom stereocenters. The molecule has 2 aliphatic rings. The Bertz CT molecular complexity index is 695. The van der Waals surface area contributed by atoms with Crippen molar-refractivity contribution in [1.29, 1.82) is 0 Å². The molecule has 1 aliphatic heterocycles. The van der Waals surface area contributed by atoms with Crippen molar-refractivity contribution in [2.24, 2.45) is 0 Å². The smallest absolute Gasteiger partial charge is 0.325 e. The number of rotatable bonds is 6. The predicted molar refractivity (Wildman–Crippen MR) is 95.8 cm³/mol. The van der Waals surface area contributed by atoms with Crippen LogP contribution in [0, 0.1) is 6.92 Å². The van der Waals surface area contributed by atoms with E-state index in [0.717, 1.165) is 29.1 Å². The van der Waals surface area contributed by atoms with E-state index >= 15 is 0 Å². The number of hydrogen-bond donors (Lipinski definition) is 1. The van der Waals surface area contributed by atoms with Crippen LogP contribution in [0.3, 0.4) is 0 Å². The fraction of sp³-hybridized carbons (Fsp3) is 0.526. The molecule has 7 nitrogen and oxygen atoms in total. The molecule has 1 N–H and O–H groups in total. The number of carbonyl (C=O) groups excluding carboxylic acids is 3. The molecular formula is C19H25N3O4. The van der Waals surface area contributed by atoms with Crippen molar-refractivity contribution in [2.75, 3.05) is 26.7 Å². The zero-order valence-corrected chi connectivity index (χ0v) is 15.3. The van der Waals surface area contributed by atoms with Crippen LogP contribution in [0.25, 0.3) is 0 Å². The van der Waals surface area contributed by atoms with Gasteiger partial charge in [0, 0.05) is 7.05 Å². The number of nitrogens with one attached hydrogen (secondary N) is 1. The van der Waals surface area contributed by atoms with Crippen molar-refractivity contribution in [3.63, 3.8) is 0 Å². The lowest BCUT2D eigenvalue weighted by Crippen LogP contribution is -2.45. The highest BCUT2D eigenvalue weighted by atomic mass is 16.5. The first kappa shape index (κ1) is 18.2. The summed E-state index contributed by atoms with van der Waals surface area (Å²) in [7, 11) is 1.64. The van der Waals surface area contributed by atoms with Crippen LogP contribution >= 0.6 is 0 Å². The summed E-state index contributed by atoms with van der Waals surface area (Å²) in [5.74, 6) is 0.197. The number of ether oxygens (including phenoxy) is 1. The molecule has 3 rings (SSSR count). The maximum absolute atomic E-state index is 12.6. The lowest BCUT2D eigenvalue weighted by Gasteiger charge is -2.22. The lowest BCUT2D eigenvalue weighted by atomic mass is 9.98. The molecule has 140 valence electrons. The predicted octanol–water partition coefficient (Wildman–Crippen LogP) is 1.70. The highest BCUT2D eigenvalue weighted by Crippen LogP contribution is 2.34. The normalized spacial score (nSPS) is 18.3. The molecule has 0 bridgehead atoms. The first-order valence-electron chi connectivity index (χ1n) is 8.99. The molecule has 2 fully saturated rings. The summed E-state index contributed by atoms with van der Waals surface area (Å²) in [5.41, 5.74) is 0.378. The molecule has 1 aromatic rings. The van der Waals surface area contributed by atoms with Crippen LogP contribution in [-0.4, -0.2) is 59.9 Å². The number of likely N-dealkylation sites (N-methyl/N-ethyl adjacent to an activating group) is 1. The van der Waals surface area contributed by atoms with Gasteiger partial charge in [0.25, 0.3) is 5.91 Å². The maximum atomic E-state index is 12.6. The molecule has 4 amide bonds. The second-order valence-electron chi connectivity index (χ2n) is 7.09. The van der Waals surface area contributed by atoms with Crippen molar-refractivity contribution in [3.8, 4) is 5.75 Å². The topological polar surface area (TPSA) is 79.0 Å². The molecular weight excluding hydrogens is 334 g/mol. The van der Waals surface area contributed by atoms with Gasteiger partial charge in [0.2, 0.25) is 5.91 Å². The van der Waals surface area contributed by atoms with Gasteiger partial charge >= 0.3 is 6.03 Å². The van der Waals surface area contributed by atoms with Gasteiger partial charge in [-0.05, 0) is 31.9 Å². The average Bonchev–Trinajstić information content (AvgIpc) is 3.17. The molecule has 1 aromatic carbocycles. The van der Waals surface area contributed by atoms with Crippen LogP contribution in [0.2, 0.25) is 0 Å². The van der Waals surface area contributed by atoms with Crippen LogP contribution < -0.4 is 10.1 Å². The Morgan fingerprint density at radius 1 is 1.23 bits per heavy atom. The SMILES string of the molecule is Cc1ccc(OCCN(C)C(=O)CN2C(=O)NC3(CCCC3)C2=O)cc1. The second-order valence-corrected chi connectivity index (χ2v) is 7.09. The van der Waals surface area contributed by atoms with Crippen LogP contribution in [0.1, 0.15) is 31.2 Å². The van der Waals surface area contributed by atoms with Crippen molar-refractivity contribution in [3.05, 3.63) is 29.8 Å². The van der Waals surface area contributed by atoms with E-state index in [0.29, 0.717) is 26.0 Å². The number of nitrogens with zero attached hydrogens (tertiary/aromatic N) is 2. The Kier molecular flexibility index (Phi) is 5.15. The minimum atomic E-state index is -0.773. The highest BCUT2D eigenvalue weighted by Gasteiger charge is 2.52. The van der Waals surface area contributed by atoms with Crippen LogP contribution in [-0.2, 0) is 9.59 Å². The third-order valence-electron chi connectivity index (χ3n) is 5.14. The molecule has 0 aromatic heterocycles. The van der Waals surface area contributed by atoms with Crippen LogP contribution in [0.15, 0.2) is 24.3 Å². The lowest BCUT2D eigenvalue weighted by molar-refractivity contribution is -0.138. The van der Waals surface area contributed by atoms with Gasteiger partial charge in [-0.2, -0.15) is 0 Å². The van der Waals surface area contributed by atoms with Crippen LogP contribution in [0.4, 0.5) is 4.79 Å². The summed E-state index contributed by atoms with van der Waals surface area (Å²) in [4.78, 5) is 39.6. The number of hydrogen-bond acceptors (Lipinski definition) is 4. The van der Waals surface area contributed by atoms with Crippen molar-refractivity contribution < 1.29 is 19.1 Å². The fourth-order valence-corrected chi connectivity index (χ4v) is 3.45. The van der Waals surface area contributed by atoms with Gasteiger partial charge in [0.1, 0.15) is 24.4 Å². The number of benzene rings is 1. The van der Waals surface area contributed by atoms with Gasteiger partial charge in [0.15, 0.2) is 0 Å². The van der Waals surface area contributed by atoms with E-state index in [2.05, 4.69) is 5.32 Å². The summed E-state index contributed by atoms with van der Waals surface area (Å²) >= 11 is 0. The third-order valence-corrected chi connectivity index (χ3v) is 5.14. The number of urea groups is 1. The molecule has 0 unspecified atom stereocenters. The Labute approximate surface area is 153 Å². The molecule has 1 spiro atoms.